The Balaban J connectivity index is 1.91. The van der Waals surface area contributed by atoms with Crippen LogP contribution in [0.1, 0.15) is 10.5 Å². The van der Waals surface area contributed by atoms with Crippen molar-refractivity contribution < 1.29 is 4.79 Å². The SMILES string of the molecule is CSCCN1CCN(C(=O)c2cncc(=O)[nH]2)CC1. The highest BCUT2D eigenvalue weighted by Gasteiger charge is 2.22. The van der Waals surface area contributed by atoms with Crippen LogP contribution in [0, 0.1) is 0 Å². The van der Waals surface area contributed by atoms with Crippen molar-refractivity contribution >= 4 is 17.7 Å². The number of nitrogens with zero attached hydrogens (tertiary/aromatic N) is 3. The van der Waals surface area contributed by atoms with Crippen LogP contribution in [-0.4, -0.2) is 70.4 Å². The number of hydrogen-bond donors (Lipinski definition) is 1. The van der Waals surface area contributed by atoms with Gasteiger partial charge in [0.2, 0.25) is 0 Å². The first kappa shape index (κ1) is 14.1. The van der Waals surface area contributed by atoms with Crippen LogP contribution in [0.2, 0.25) is 0 Å². The van der Waals surface area contributed by atoms with E-state index in [0.29, 0.717) is 13.1 Å². The third kappa shape index (κ3) is 3.81. The van der Waals surface area contributed by atoms with Crippen molar-refractivity contribution in [3.05, 3.63) is 28.4 Å². The lowest BCUT2D eigenvalue weighted by atomic mass is 10.3. The molecule has 0 spiro atoms. The van der Waals surface area contributed by atoms with E-state index in [1.165, 1.54) is 6.20 Å². The summed E-state index contributed by atoms with van der Waals surface area (Å²) in [6, 6.07) is 0. The molecule has 7 heteroatoms. The molecule has 104 valence electrons. The second kappa shape index (κ2) is 6.72. The Labute approximate surface area is 116 Å². The van der Waals surface area contributed by atoms with E-state index >= 15 is 0 Å². The molecule has 0 aromatic carbocycles. The zero-order valence-electron chi connectivity index (χ0n) is 11.0. The summed E-state index contributed by atoms with van der Waals surface area (Å²) in [6.45, 7) is 4.23. The summed E-state index contributed by atoms with van der Waals surface area (Å²) in [5.74, 6) is 0.971. The minimum Gasteiger partial charge on any atom is -0.335 e. The minimum atomic E-state index is -0.343. The largest absolute Gasteiger partial charge is 0.335 e. The van der Waals surface area contributed by atoms with Crippen molar-refractivity contribution in [2.45, 2.75) is 0 Å². The minimum absolute atomic E-state index is 0.144. The number of piperazine rings is 1. The van der Waals surface area contributed by atoms with Crippen LogP contribution in [0.5, 0.6) is 0 Å². The molecule has 0 aliphatic carbocycles. The number of aromatic amines is 1. The summed E-state index contributed by atoms with van der Waals surface area (Å²) in [5, 5.41) is 0. The van der Waals surface area contributed by atoms with E-state index < -0.39 is 0 Å². The fourth-order valence-electron chi connectivity index (χ4n) is 2.05. The number of nitrogens with one attached hydrogen (secondary N) is 1. The summed E-state index contributed by atoms with van der Waals surface area (Å²) in [5.41, 5.74) is -0.0745. The molecule has 1 aliphatic rings. The lowest BCUT2D eigenvalue weighted by Gasteiger charge is -2.34. The molecule has 1 aliphatic heterocycles. The summed E-state index contributed by atoms with van der Waals surface area (Å²) in [6.07, 6.45) is 4.67. The first-order valence-electron chi connectivity index (χ1n) is 6.25. The Kier molecular flexibility index (Phi) is 4.98. The maximum atomic E-state index is 12.2. The Morgan fingerprint density at radius 1 is 1.37 bits per heavy atom. The van der Waals surface area contributed by atoms with Crippen LogP contribution < -0.4 is 5.56 Å². The average Bonchev–Trinajstić information content (AvgIpc) is 2.45. The lowest BCUT2D eigenvalue weighted by molar-refractivity contribution is 0.0638. The maximum absolute atomic E-state index is 12.2. The molecule has 2 rings (SSSR count). The van der Waals surface area contributed by atoms with E-state index in [0.717, 1.165) is 31.6 Å². The topological polar surface area (TPSA) is 69.3 Å². The molecular formula is C12H18N4O2S. The smallest absolute Gasteiger partial charge is 0.272 e. The highest BCUT2D eigenvalue weighted by atomic mass is 32.2. The molecule has 0 unspecified atom stereocenters. The standard InChI is InChI=1S/C12H18N4O2S/c1-19-7-6-15-2-4-16(5-3-15)12(18)10-8-13-9-11(17)14-10/h8-9H,2-7H2,1H3,(H,14,17). The second-order valence-electron chi connectivity index (χ2n) is 4.44. The van der Waals surface area contributed by atoms with Crippen LogP contribution in [0.3, 0.4) is 0 Å². The first-order chi connectivity index (χ1) is 9.20. The van der Waals surface area contributed by atoms with Crippen molar-refractivity contribution in [3.8, 4) is 0 Å². The molecule has 19 heavy (non-hydrogen) atoms. The van der Waals surface area contributed by atoms with Gasteiger partial charge in [-0.1, -0.05) is 0 Å². The lowest BCUT2D eigenvalue weighted by Crippen LogP contribution is -2.49. The van der Waals surface area contributed by atoms with Gasteiger partial charge in [0.15, 0.2) is 0 Å². The van der Waals surface area contributed by atoms with Crippen LogP contribution in [0.15, 0.2) is 17.2 Å². The zero-order chi connectivity index (χ0) is 13.7. The highest BCUT2D eigenvalue weighted by molar-refractivity contribution is 7.98. The molecule has 1 aromatic heterocycles. The van der Waals surface area contributed by atoms with E-state index in [1.54, 1.807) is 4.90 Å². The highest BCUT2D eigenvalue weighted by Crippen LogP contribution is 2.06. The molecular weight excluding hydrogens is 264 g/mol. The summed E-state index contributed by atoms with van der Waals surface area (Å²) in [4.78, 5) is 33.7. The molecule has 6 nitrogen and oxygen atoms in total. The average molecular weight is 282 g/mol. The van der Waals surface area contributed by atoms with Gasteiger partial charge in [-0.2, -0.15) is 11.8 Å². The third-order valence-electron chi connectivity index (χ3n) is 3.15. The Hall–Kier alpha value is -1.34. The van der Waals surface area contributed by atoms with E-state index in [1.807, 2.05) is 11.8 Å². The zero-order valence-corrected chi connectivity index (χ0v) is 11.8. The summed E-state index contributed by atoms with van der Waals surface area (Å²) >= 11 is 1.83. The van der Waals surface area contributed by atoms with Gasteiger partial charge >= 0.3 is 0 Å². The fraction of sp³-hybridized carbons (Fsp3) is 0.583. The molecule has 0 bridgehead atoms. The Bertz CT molecular complexity index is 483. The number of amides is 1. The van der Waals surface area contributed by atoms with Gasteiger partial charge in [0, 0.05) is 38.5 Å². The number of carbonyl (C=O) groups is 1. The van der Waals surface area contributed by atoms with Gasteiger partial charge in [0.1, 0.15) is 5.69 Å². The molecule has 2 heterocycles. The molecule has 1 saturated heterocycles. The molecule has 1 fully saturated rings. The molecule has 1 aromatic rings. The van der Waals surface area contributed by atoms with E-state index in [-0.39, 0.29) is 17.2 Å². The summed E-state index contributed by atoms with van der Waals surface area (Å²) < 4.78 is 0. The van der Waals surface area contributed by atoms with Crippen molar-refractivity contribution in [1.29, 1.82) is 0 Å². The number of H-pyrrole nitrogens is 1. The van der Waals surface area contributed by atoms with E-state index in [2.05, 4.69) is 21.1 Å². The van der Waals surface area contributed by atoms with Gasteiger partial charge < -0.3 is 9.88 Å². The van der Waals surface area contributed by atoms with Crippen molar-refractivity contribution in [2.24, 2.45) is 0 Å². The molecule has 0 atom stereocenters. The number of thioether (sulfide) groups is 1. The molecule has 0 saturated carbocycles. The van der Waals surface area contributed by atoms with Crippen molar-refractivity contribution in [3.63, 3.8) is 0 Å². The van der Waals surface area contributed by atoms with Gasteiger partial charge in [-0.05, 0) is 6.26 Å². The van der Waals surface area contributed by atoms with E-state index in [9.17, 15) is 9.59 Å². The Morgan fingerprint density at radius 3 is 2.74 bits per heavy atom. The predicted molar refractivity (Wildman–Crippen MR) is 75.6 cm³/mol. The van der Waals surface area contributed by atoms with Crippen LogP contribution >= 0.6 is 11.8 Å². The fourth-order valence-corrected chi connectivity index (χ4v) is 2.49. The Morgan fingerprint density at radius 2 is 2.11 bits per heavy atom. The van der Waals surface area contributed by atoms with Crippen molar-refractivity contribution in [2.75, 3.05) is 44.7 Å². The van der Waals surface area contributed by atoms with Gasteiger partial charge in [-0.25, -0.2) is 0 Å². The predicted octanol–water partition coefficient (Wildman–Crippen LogP) is -0.109. The van der Waals surface area contributed by atoms with Crippen molar-refractivity contribution in [1.82, 2.24) is 19.8 Å². The summed E-state index contributed by atoms with van der Waals surface area (Å²) in [7, 11) is 0. The monoisotopic (exact) mass is 282 g/mol. The molecule has 0 radical (unpaired) electrons. The van der Waals surface area contributed by atoms with E-state index in [4.69, 9.17) is 0 Å². The second-order valence-corrected chi connectivity index (χ2v) is 5.42. The van der Waals surface area contributed by atoms with Crippen LogP contribution in [-0.2, 0) is 0 Å². The number of aromatic nitrogens is 2. The first-order valence-corrected chi connectivity index (χ1v) is 7.65. The van der Waals surface area contributed by atoms with Gasteiger partial charge in [-0.15, -0.1) is 0 Å². The third-order valence-corrected chi connectivity index (χ3v) is 3.75. The van der Waals surface area contributed by atoms with Gasteiger partial charge in [-0.3, -0.25) is 19.5 Å². The molecule has 1 N–H and O–H groups in total. The normalized spacial score (nSPS) is 16.6. The number of hydrogen-bond acceptors (Lipinski definition) is 5. The van der Waals surface area contributed by atoms with Crippen LogP contribution in [0.4, 0.5) is 0 Å². The molecule has 1 amide bonds. The number of rotatable bonds is 4. The van der Waals surface area contributed by atoms with Gasteiger partial charge in [0.25, 0.3) is 11.5 Å². The van der Waals surface area contributed by atoms with Crippen LogP contribution in [0.25, 0.3) is 0 Å². The maximum Gasteiger partial charge on any atom is 0.272 e. The van der Waals surface area contributed by atoms with Gasteiger partial charge in [0.05, 0.1) is 12.4 Å². The quantitative estimate of drug-likeness (QED) is 0.834. The number of carbonyl (C=O) groups excluding carboxylic acids is 1.